The fourth-order valence-electron chi connectivity index (χ4n) is 1.57. The third kappa shape index (κ3) is 6.00. The minimum Gasteiger partial charge on any atom is -0.311 e. The first kappa shape index (κ1) is 13.6. The molecule has 0 aliphatic heterocycles. The van der Waals surface area contributed by atoms with Gasteiger partial charge >= 0.3 is 0 Å². The van der Waals surface area contributed by atoms with E-state index >= 15 is 0 Å². The van der Waals surface area contributed by atoms with Crippen molar-refractivity contribution in [3.8, 4) is 0 Å². The molecule has 0 saturated carbocycles. The van der Waals surface area contributed by atoms with Crippen LogP contribution in [-0.2, 0) is 4.79 Å². The van der Waals surface area contributed by atoms with Gasteiger partial charge in [0.2, 0.25) is 11.9 Å². The summed E-state index contributed by atoms with van der Waals surface area (Å²) >= 11 is 0. The number of nitrogens with zero attached hydrogens (tertiary/aromatic N) is 1. The summed E-state index contributed by atoms with van der Waals surface area (Å²) in [7, 11) is 0. The van der Waals surface area contributed by atoms with Crippen molar-refractivity contribution in [2.45, 2.75) is 45.4 Å². The maximum atomic E-state index is 12.7. The number of unbranched alkanes of at least 4 members (excludes halogenated alkanes) is 4. The number of amides is 1. The summed E-state index contributed by atoms with van der Waals surface area (Å²) in [6.07, 6.45) is 6.00. The van der Waals surface area contributed by atoms with Crippen LogP contribution in [0, 0.1) is 5.95 Å². The van der Waals surface area contributed by atoms with Gasteiger partial charge in [-0.1, -0.05) is 38.7 Å². The Morgan fingerprint density at radius 2 is 2.06 bits per heavy atom. The van der Waals surface area contributed by atoms with Crippen LogP contribution in [-0.4, -0.2) is 10.9 Å². The van der Waals surface area contributed by atoms with Crippen LogP contribution >= 0.6 is 0 Å². The minimum atomic E-state index is -0.578. The average molecular weight is 238 g/mol. The third-order valence-electron chi connectivity index (χ3n) is 2.49. The largest absolute Gasteiger partial charge is 0.311 e. The Bertz CT molecular complexity index is 355. The molecule has 94 valence electrons. The number of aromatic nitrogens is 1. The summed E-state index contributed by atoms with van der Waals surface area (Å²) in [5.74, 6) is -0.395. The van der Waals surface area contributed by atoms with E-state index < -0.39 is 5.95 Å². The quantitative estimate of drug-likeness (QED) is 0.583. The number of hydrogen-bond acceptors (Lipinski definition) is 2. The van der Waals surface area contributed by atoms with E-state index in [2.05, 4.69) is 17.2 Å². The molecule has 0 aliphatic rings. The second-order valence-corrected chi connectivity index (χ2v) is 4.06. The predicted octanol–water partition coefficient (Wildman–Crippen LogP) is 3.52. The summed E-state index contributed by atoms with van der Waals surface area (Å²) < 4.78 is 12.7. The lowest BCUT2D eigenvalue weighted by Gasteiger charge is -2.04. The molecule has 1 N–H and O–H groups in total. The zero-order valence-electron chi connectivity index (χ0n) is 10.2. The summed E-state index contributed by atoms with van der Waals surface area (Å²) in [6, 6.07) is 4.36. The Morgan fingerprint density at radius 1 is 1.29 bits per heavy atom. The van der Waals surface area contributed by atoms with Crippen LogP contribution in [0.4, 0.5) is 10.2 Å². The average Bonchev–Trinajstić information content (AvgIpc) is 2.29. The highest BCUT2D eigenvalue weighted by Gasteiger charge is 2.03. The number of pyridine rings is 1. The van der Waals surface area contributed by atoms with Gasteiger partial charge in [-0.05, 0) is 18.6 Å². The van der Waals surface area contributed by atoms with Gasteiger partial charge in [-0.25, -0.2) is 4.98 Å². The molecule has 4 heteroatoms. The summed E-state index contributed by atoms with van der Waals surface area (Å²) in [5.41, 5.74) is 0. The normalized spacial score (nSPS) is 10.2. The van der Waals surface area contributed by atoms with Crippen molar-refractivity contribution in [3.63, 3.8) is 0 Å². The third-order valence-corrected chi connectivity index (χ3v) is 2.49. The fraction of sp³-hybridized carbons (Fsp3) is 0.538. The summed E-state index contributed by atoms with van der Waals surface area (Å²) in [4.78, 5) is 15.1. The maximum absolute atomic E-state index is 12.7. The van der Waals surface area contributed by atoms with Crippen molar-refractivity contribution in [2.75, 3.05) is 5.32 Å². The van der Waals surface area contributed by atoms with Gasteiger partial charge in [0.05, 0.1) is 0 Å². The van der Waals surface area contributed by atoms with Crippen LogP contribution in [0.15, 0.2) is 18.2 Å². The van der Waals surface area contributed by atoms with Gasteiger partial charge in [0.15, 0.2) is 0 Å². The van der Waals surface area contributed by atoms with Crippen LogP contribution in [0.5, 0.6) is 0 Å². The van der Waals surface area contributed by atoms with Crippen molar-refractivity contribution in [3.05, 3.63) is 24.1 Å². The zero-order chi connectivity index (χ0) is 12.5. The minimum absolute atomic E-state index is 0.0976. The topological polar surface area (TPSA) is 42.0 Å². The van der Waals surface area contributed by atoms with E-state index in [1.807, 2.05) is 0 Å². The fourth-order valence-corrected chi connectivity index (χ4v) is 1.57. The number of carbonyl (C=O) groups is 1. The number of carbonyl (C=O) groups excluding carboxylic acids is 1. The van der Waals surface area contributed by atoms with Crippen LogP contribution in [0.3, 0.4) is 0 Å². The van der Waals surface area contributed by atoms with E-state index in [1.54, 1.807) is 6.07 Å². The van der Waals surface area contributed by atoms with Gasteiger partial charge in [0, 0.05) is 6.42 Å². The van der Waals surface area contributed by atoms with Gasteiger partial charge in [0.1, 0.15) is 5.82 Å². The zero-order valence-corrected chi connectivity index (χ0v) is 10.2. The standard InChI is InChI=1S/C13H19FN2O/c1-2-3-4-5-6-10-13(17)16-12-9-7-8-11(14)15-12/h7-9H,2-6,10H2,1H3,(H,15,16,17). The van der Waals surface area contributed by atoms with E-state index in [9.17, 15) is 9.18 Å². The van der Waals surface area contributed by atoms with Gasteiger partial charge in [0.25, 0.3) is 0 Å². The smallest absolute Gasteiger partial charge is 0.225 e. The van der Waals surface area contributed by atoms with Gasteiger partial charge in [-0.3, -0.25) is 4.79 Å². The molecular weight excluding hydrogens is 219 g/mol. The Labute approximate surface area is 101 Å². The molecule has 0 fully saturated rings. The number of anilines is 1. The van der Waals surface area contributed by atoms with Gasteiger partial charge in [-0.2, -0.15) is 4.39 Å². The molecule has 0 spiro atoms. The van der Waals surface area contributed by atoms with E-state index in [-0.39, 0.29) is 11.7 Å². The lowest BCUT2D eigenvalue weighted by molar-refractivity contribution is -0.116. The first-order valence-electron chi connectivity index (χ1n) is 6.14. The SMILES string of the molecule is CCCCCCCC(=O)Nc1cccc(F)n1. The van der Waals surface area contributed by atoms with E-state index in [1.165, 1.54) is 31.4 Å². The number of nitrogens with one attached hydrogen (secondary N) is 1. The maximum Gasteiger partial charge on any atom is 0.225 e. The first-order chi connectivity index (χ1) is 8.22. The second-order valence-electron chi connectivity index (χ2n) is 4.06. The van der Waals surface area contributed by atoms with E-state index in [0.29, 0.717) is 6.42 Å². The molecule has 0 atom stereocenters. The molecule has 17 heavy (non-hydrogen) atoms. The summed E-state index contributed by atoms with van der Waals surface area (Å²) in [6.45, 7) is 2.16. The number of halogens is 1. The molecule has 0 aliphatic carbocycles. The van der Waals surface area contributed by atoms with E-state index in [0.717, 1.165) is 12.8 Å². The van der Waals surface area contributed by atoms with Gasteiger partial charge in [-0.15, -0.1) is 0 Å². The molecule has 0 bridgehead atoms. The molecule has 1 aromatic rings. The molecule has 0 unspecified atom stereocenters. The van der Waals surface area contributed by atoms with Crippen LogP contribution in [0.1, 0.15) is 45.4 Å². The Balaban J connectivity index is 2.21. The second kappa shape index (κ2) is 7.76. The molecule has 0 aromatic carbocycles. The molecule has 1 heterocycles. The number of hydrogen-bond donors (Lipinski definition) is 1. The Morgan fingerprint density at radius 3 is 2.76 bits per heavy atom. The highest BCUT2D eigenvalue weighted by molar-refractivity contribution is 5.89. The highest BCUT2D eigenvalue weighted by Crippen LogP contribution is 2.08. The Kier molecular flexibility index (Phi) is 6.22. The van der Waals surface area contributed by atoms with Crippen LogP contribution in [0.2, 0.25) is 0 Å². The molecule has 1 rings (SSSR count). The van der Waals surface area contributed by atoms with Crippen molar-refractivity contribution >= 4 is 11.7 Å². The van der Waals surface area contributed by atoms with E-state index in [4.69, 9.17) is 0 Å². The lowest BCUT2D eigenvalue weighted by Crippen LogP contribution is -2.12. The summed E-state index contributed by atoms with van der Waals surface area (Å²) in [5, 5.41) is 2.58. The van der Waals surface area contributed by atoms with Crippen molar-refractivity contribution in [1.29, 1.82) is 0 Å². The molecule has 0 radical (unpaired) electrons. The molecular formula is C13H19FN2O. The molecule has 1 amide bonds. The van der Waals surface area contributed by atoms with Crippen LogP contribution in [0.25, 0.3) is 0 Å². The van der Waals surface area contributed by atoms with Crippen molar-refractivity contribution in [2.24, 2.45) is 0 Å². The lowest BCUT2D eigenvalue weighted by atomic mass is 10.1. The molecule has 3 nitrogen and oxygen atoms in total. The van der Waals surface area contributed by atoms with Crippen molar-refractivity contribution < 1.29 is 9.18 Å². The molecule has 0 saturated heterocycles. The Hall–Kier alpha value is -1.45. The number of rotatable bonds is 7. The predicted molar refractivity (Wildman–Crippen MR) is 66.2 cm³/mol. The highest BCUT2D eigenvalue weighted by atomic mass is 19.1. The monoisotopic (exact) mass is 238 g/mol. The first-order valence-corrected chi connectivity index (χ1v) is 6.14. The van der Waals surface area contributed by atoms with Gasteiger partial charge < -0.3 is 5.32 Å². The molecule has 1 aromatic heterocycles. The van der Waals surface area contributed by atoms with Crippen LogP contribution < -0.4 is 5.32 Å². The van der Waals surface area contributed by atoms with Crippen molar-refractivity contribution in [1.82, 2.24) is 4.98 Å².